The Bertz CT molecular complexity index is 1350. The number of aryl methyl sites for hydroxylation is 2. The average molecular weight is 482 g/mol. The molecule has 33 heavy (non-hydrogen) atoms. The summed E-state index contributed by atoms with van der Waals surface area (Å²) >= 11 is 7.33. The molecule has 0 spiro atoms. The summed E-state index contributed by atoms with van der Waals surface area (Å²) in [6, 6.07) is 11.9. The summed E-state index contributed by atoms with van der Waals surface area (Å²) in [7, 11) is 0. The van der Waals surface area contributed by atoms with Gasteiger partial charge in [-0.1, -0.05) is 30.2 Å². The van der Waals surface area contributed by atoms with Gasteiger partial charge in [-0.3, -0.25) is 4.79 Å². The topological polar surface area (TPSA) is 72.7 Å². The molecule has 1 amide bonds. The van der Waals surface area contributed by atoms with E-state index in [9.17, 15) is 9.18 Å². The molecule has 5 rings (SSSR count). The second-order valence-corrected chi connectivity index (χ2v) is 9.43. The van der Waals surface area contributed by atoms with Gasteiger partial charge in [0.1, 0.15) is 21.5 Å². The zero-order valence-electron chi connectivity index (χ0n) is 17.9. The number of anilines is 1. The molecule has 0 unspecified atom stereocenters. The quantitative estimate of drug-likeness (QED) is 0.379. The van der Waals surface area contributed by atoms with Crippen LogP contribution in [0.1, 0.15) is 40.5 Å². The highest BCUT2D eigenvalue weighted by atomic mass is 35.5. The molecular formula is C24H21ClFN5OS. The van der Waals surface area contributed by atoms with Crippen molar-refractivity contribution in [2.45, 2.75) is 39.2 Å². The summed E-state index contributed by atoms with van der Waals surface area (Å²) < 4.78 is 16.7. The number of benzene rings is 2. The van der Waals surface area contributed by atoms with E-state index in [1.165, 1.54) is 17.4 Å². The van der Waals surface area contributed by atoms with Crippen LogP contribution in [0.5, 0.6) is 0 Å². The Labute approximate surface area is 199 Å². The predicted molar refractivity (Wildman–Crippen MR) is 128 cm³/mol. The van der Waals surface area contributed by atoms with E-state index < -0.39 is 11.7 Å². The Kier molecular flexibility index (Phi) is 5.95. The second-order valence-electron chi connectivity index (χ2n) is 7.99. The number of carbonyl (C=O) groups is 1. The van der Waals surface area contributed by atoms with Gasteiger partial charge in [-0.05, 0) is 50.1 Å². The fourth-order valence-corrected chi connectivity index (χ4v) is 5.14. The van der Waals surface area contributed by atoms with E-state index in [1.54, 1.807) is 31.2 Å². The number of aromatic nitrogens is 4. The van der Waals surface area contributed by atoms with Gasteiger partial charge in [0.25, 0.3) is 5.91 Å². The van der Waals surface area contributed by atoms with Crippen LogP contribution in [-0.2, 0) is 13.0 Å². The number of carbonyl (C=O) groups excluding carboxylic acids is 1. The molecule has 0 fully saturated rings. The third kappa shape index (κ3) is 4.41. The number of hydrogen-bond donors (Lipinski definition) is 1. The van der Waals surface area contributed by atoms with Gasteiger partial charge in [0.2, 0.25) is 0 Å². The molecule has 168 valence electrons. The monoisotopic (exact) mass is 481 g/mol. The van der Waals surface area contributed by atoms with Crippen molar-refractivity contribution in [3.8, 4) is 22.0 Å². The van der Waals surface area contributed by atoms with Gasteiger partial charge < -0.3 is 9.88 Å². The second kappa shape index (κ2) is 9.03. The zero-order valence-corrected chi connectivity index (χ0v) is 19.5. The Hall–Kier alpha value is -3.10. The first-order valence-electron chi connectivity index (χ1n) is 10.8. The van der Waals surface area contributed by atoms with Crippen molar-refractivity contribution in [1.82, 2.24) is 19.7 Å². The molecule has 1 aliphatic heterocycles. The van der Waals surface area contributed by atoms with Gasteiger partial charge in [-0.15, -0.1) is 21.5 Å². The summed E-state index contributed by atoms with van der Waals surface area (Å²) in [5, 5.41) is 12.6. The largest absolute Gasteiger partial charge is 0.319 e. The number of nitrogens with zero attached hydrogens (tertiary/aromatic N) is 4. The van der Waals surface area contributed by atoms with Gasteiger partial charge >= 0.3 is 0 Å². The summed E-state index contributed by atoms with van der Waals surface area (Å²) in [6.45, 7) is 2.60. The van der Waals surface area contributed by atoms with E-state index >= 15 is 0 Å². The summed E-state index contributed by atoms with van der Waals surface area (Å²) in [6.07, 6.45) is 4.19. The third-order valence-electron chi connectivity index (χ3n) is 5.66. The van der Waals surface area contributed by atoms with Crippen LogP contribution in [-0.4, -0.2) is 25.7 Å². The van der Waals surface area contributed by atoms with Crippen molar-refractivity contribution in [3.05, 3.63) is 69.7 Å². The standard InChI is InChI=1S/C24H21ClFN5OS/c1-14-21(33-24(27-14)16-6-5-7-17(25)12-16)23(32)28-19-13-15(9-10-18(19)26)22-30-29-20-8-3-2-4-11-31(20)22/h5-7,9-10,12-13H,2-4,8,11H2,1H3,(H,28,32). The molecule has 1 aliphatic rings. The molecule has 0 saturated carbocycles. The lowest BCUT2D eigenvalue weighted by Crippen LogP contribution is -2.13. The molecular weight excluding hydrogens is 461 g/mol. The number of fused-ring (bicyclic) bond motifs is 1. The van der Waals surface area contributed by atoms with Crippen molar-refractivity contribution in [1.29, 1.82) is 0 Å². The van der Waals surface area contributed by atoms with Crippen LogP contribution in [0.2, 0.25) is 5.02 Å². The highest BCUT2D eigenvalue weighted by Gasteiger charge is 2.20. The molecule has 3 heterocycles. The number of amides is 1. The number of hydrogen-bond acceptors (Lipinski definition) is 5. The first-order valence-corrected chi connectivity index (χ1v) is 12.0. The van der Waals surface area contributed by atoms with Gasteiger partial charge in [0, 0.05) is 29.1 Å². The maximum atomic E-state index is 14.6. The molecule has 1 N–H and O–H groups in total. The maximum Gasteiger partial charge on any atom is 0.267 e. The fraction of sp³-hybridized carbons (Fsp3) is 0.250. The van der Waals surface area contributed by atoms with Gasteiger partial charge in [0.15, 0.2) is 5.82 Å². The van der Waals surface area contributed by atoms with E-state index in [1.807, 2.05) is 12.1 Å². The number of halogens is 2. The normalized spacial score (nSPS) is 13.4. The third-order valence-corrected chi connectivity index (χ3v) is 7.10. The maximum absolute atomic E-state index is 14.6. The molecule has 2 aromatic heterocycles. The predicted octanol–water partition coefficient (Wildman–Crippen LogP) is 6.15. The van der Waals surface area contributed by atoms with Crippen molar-refractivity contribution >= 4 is 34.5 Å². The minimum atomic E-state index is -0.514. The Balaban J connectivity index is 1.42. The Morgan fingerprint density at radius 1 is 1.12 bits per heavy atom. The lowest BCUT2D eigenvalue weighted by Gasteiger charge is -2.10. The Morgan fingerprint density at radius 3 is 2.85 bits per heavy atom. The van der Waals surface area contributed by atoms with E-state index in [-0.39, 0.29) is 5.69 Å². The smallest absolute Gasteiger partial charge is 0.267 e. The van der Waals surface area contributed by atoms with Gasteiger partial charge in [-0.2, -0.15) is 0 Å². The van der Waals surface area contributed by atoms with Crippen molar-refractivity contribution in [2.24, 2.45) is 0 Å². The van der Waals surface area contributed by atoms with Crippen molar-refractivity contribution in [2.75, 3.05) is 5.32 Å². The fourth-order valence-electron chi connectivity index (χ4n) is 3.99. The van der Waals surface area contributed by atoms with Gasteiger partial charge in [-0.25, -0.2) is 9.37 Å². The molecule has 4 aromatic rings. The lowest BCUT2D eigenvalue weighted by molar-refractivity contribution is 0.102. The Morgan fingerprint density at radius 2 is 2.00 bits per heavy atom. The first kappa shape index (κ1) is 21.7. The molecule has 0 bridgehead atoms. The lowest BCUT2D eigenvalue weighted by atomic mass is 10.1. The first-order chi connectivity index (χ1) is 16.0. The van der Waals surface area contributed by atoms with E-state index in [4.69, 9.17) is 11.6 Å². The molecule has 0 atom stereocenters. The summed E-state index contributed by atoms with van der Waals surface area (Å²) in [4.78, 5) is 17.9. The molecule has 0 radical (unpaired) electrons. The minimum absolute atomic E-state index is 0.0978. The SMILES string of the molecule is Cc1nc(-c2cccc(Cl)c2)sc1C(=O)Nc1cc(-c2nnc3n2CCCCC3)ccc1F. The number of rotatable bonds is 4. The number of thiazole rings is 1. The molecule has 6 nitrogen and oxygen atoms in total. The van der Waals surface area contributed by atoms with Crippen LogP contribution in [0.4, 0.5) is 10.1 Å². The zero-order chi connectivity index (χ0) is 22.9. The van der Waals surface area contributed by atoms with E-state index in [0.717, 1.165) is 43.6 Å². The highest BCUT2D eigenvalue weighted by Crippen LogP contribution is 2.31. The van der Waals surface area contributed by atoms with Crippen LogP contribution in [0.3, 0.4) is 0 Å². The van der Waals surface area contributed by atoms with Crippen LogP contribution in [0.15, 0.2) is 42.5 Å². The highest BCUT2D eigenvalue weighted by molar-refractivity contribution is 7.17. The average Bonchev–Trinajstić information content (AvgIpc) is 3.31. The summed E-state index contributed by atoms with van der Waals surface area (Å²) in [5.74, 6) is 0.722. The van der Waals surface area contributed by atoms with Crippen LogP contribution >= 0.6 is 22.9 Å². The molecule has 0 saturated heterocycles. The molecule has 0 aliphatic carbocycles. The molecule has 2 aromatic carbocycles. The number of nitrogens with one attached hydrogen (secondary N) is 1. The van der Waals surface area contributed by atoms with Crippen molar-refractivity contribution < 1.29 is 9.18 Å². The van der Waals surface area contributed by atoms with Crippen molar-refractivity contribution in [3.63, 3.8) is 0 Å². The minimum Gasteiger partial charge on any atom is -0.319 e. The molecule has 9 heteroatoms. The van der Waals surface area contributed by atoms with Crippen LogP contribution in [0, 0.1) is 12.7 Å². The van der Waals surface area contributed by atoms with Crippen LogP contribution < -0.4 is 5.32 Å². The summed E-state index contributed by atoms with van der Waals surface area (Å²) in [5.41, 5.74) is 2.22. The van der Waals surface area contributed by atoms with Gasteiger partial charge in [0.05, 0.1) is 11.4 Å². The van der Waals surface area contributed by atoms with E-state index in [0.29, 0.717) is 32.0 Å². The van der Waals surface area contributed by atoms with E-state index in [2.05, 4.69) is 25.1 Å². The van der Waals surface area contributed by atoms with Crippen LogP contribution in [0.25, 0.3) is 22.0 Å².